The van der Waals surface area contributed by atoms with Gasteiger partial charge in [0.2, 0.25) is 0 Å². The molecule has 2 atom stereocenters. The van der Waals surface area contributed by atoms with Crippen molar-refractivity contribution < 1.29 is 25.2 Å². The lowest BCUT2D eigenvalue weighted by atomic mass is 10.5. The molecule has 1 heterocycles. The van der Waals surface area contributed by atoms with Gasteiger partial charge in [0.25, 0.3) is 0 Å². The molecule has 13 heavy (non-hydrogen) atoms. The molecule has 4 N–H and O–H groups in total. The number of aliphatic hydroxyl groups is 4. The fraction of sp³-hybridized carbons (Fsp3) is 1.00. The topological polar surface area (TPSA) is 93.5 Å². The Bertz CT molecular complexity index is 80.6. The molecule has 1 saturated heterocycles. The van der Waals surface area contributed by atoms with Gasteiger partial charge in [-0.25, -0.2) is 0 Å². The zero-order chi connectivity index (χ0) is 10.7. The number of aliphatic hydroxyl groups excluding tert-OH is 4. The molecule has 2 unspecified atom stereocenters. The van der Waals surface area contributed by atoms with Crippen molar-refractivity contribution in [2.75, 3.05) is 26.4 Å². The Hall–Kier alpha value is -0.200. The van der Waals surface area contributed by atoms with Crippen molar-refractivity contribution >= 4 is 0 Å². The molecule has 1 fully saturated rings. The molecule has 0 aliphatic carbocycles. The Balaban J connectivity index is 0. The Morgan fingerprint density at radius 1 is 1.31 bits per heavy atom. The van der Waals surface area contributed by atoms with Gasteiger partial charge in [0.15, 0.2) is 0 Å². The van der Waals surface area contributed by atoms with Crippen molar-refractivity contribution in [2.24, 2.45) is 0 Å². The Kier molecular flexibility index (Phi) is 13.9. The molecule has 0 aromatic rings. The van der Waals surface area contributed by atoms with Gasteiger partial charge in [0.05, 0.1) is 38.6 Å². The Labute approximate surface area is 78.6 Å². The van der Waals surface area contributed by atoms with E-state index in [4.69, 9.17) is 25.2 Å². The van der Waals surface area contributed by atoms with Crippen LogP contribution in [0, 0.1) is 0 Å². The average molecular weight is 196 g/mol. The maximum absolute atomic E-state index is 8.11. The summed E-state index contributed by atoms with van der Waals surface area (Å²) in [5, 5.41) is 31.3. The van der Waals surface area contributed by atoms with E-state index in [0.29, 0.717) is 6.10 Å². The normalized spacial score (nSPS) is 20.3. The highest BCUT2D eigenvalue weighted by atomic mass is 16.6. The second-order valence-electron chi connectivity index (χ2n) is 2.62. The van der Waals surface area contributed by atoms with Crippen molar-refractivity contribution in [2.45, 2.75) is 26.1 Å². The summed E-state index contributed by atoms with van der Waals surface area (Å²) in [5.41, 5.74) is 0. The fourth-order valence-corrected chi connectivity index (χ4v) is 0.0962. The summed E-state index contributed by atoms with van der Waals surface area (Å²) in [6, 6.07) is 0. The SMILES string of the molecule is CC(O)CO.CC1CO1.OCCO. The van der Waals surface area contributed by atoms with Gasteiger partial charge in [-0.2, -0.15) is 0 Å². The van der Waals surface area contributed by atoms with Crippen LogP contribution >= 0.6 is 0 Å². The molecular formula is C8H20O5. The summed E-state index contributed by atoms with van der Waals surface area (Å²) in [4.78, 5) is 0. The molecule has 1 rings (SSSR count). The van der Waals surface area contributed by atoms with Gasteiger partial charge in [-0.15, -0.1) is 0 Å². The largest absolute Gasteiger partial charge is 0.394 e. The molecular weight excluding hydrogens is 176 g/mol. The first-order chi connectivity index (χ1) is 6.08. The van der Waals surface area contributed by atoms with E-state index in [1.54, 1.807) is 0 Å². The number of hydrogen-bond donors (Lipinski definition) is 4. The summed E-state index contributed by atoms with van der Waals surface area (Å²) < 4.78 is 4.71. The van der Waals surface area contributed by atoms with Crippen LogP contribution in [-0.2, 0) is 4.74 Å². The molecule has 5 heteroatoms. The van der Waals surface area contributed by atoms with Crippen LogP contribution in [0.5, 0.6) is 0 Å². The zero-order valence-corrected chi connectivity index (χ0v) is 8.18. The summed E-state index contributed by atoms with van der Waals surface area (Å²) in [6.07, 6.45) is 0.0231. The first kappa shape index (κ1) is 15.3. The van der Waals surface area contributed by atoms with Crippen molar-refractivity contribution in [1.82, 2.24) is 0 Å². The van der Waals surface area contributed by atoms with E-state index < -0.39 is 6.10 Å². The molecule has 0 bridgehead atoms. The predicted molar refractivity (Wildman–Crippen MR) is 48.4 cm³/mol. The van der Waals surface area contributed by atoms with E-state index in [1.807, 2.05) is 0 Å². The monoisotopic (exact) mass is 196 g/mol. The highest BCUT2D eigenvalue weighted by Crippen LogP contribution is 2.04. The van der Waals surface area contributed by atoms with E-state index in [-0.39, 0.29) is 19.8 Å². The smallest absolute Gasteiger partial charge is 0.0781 e. The Morgan fingerprint density at radius 3 is 1.54 bits per heavy atom. The molecule has 0 spiro atoms. The van der Waals surface area contributed by atoms with Crippen LogP contribution in [0.15, 0.2) is 0 Å². The van der Waals surface area contributed by atoms with Gasteiger partial charge in [0, 0.05) is 0 Å². The third-order valence-electron chi connectivity index (χ3n) is 0.864. The van der Waals surface area contributed by atoms with Crippen molar-refractivity contribution in [3.63, 3.8) is 0 Å². The highest BCUT2D eigenvalue weighted by Gasteiger charge is 2.13. The molecule has 0 saturated carbocycles. The van der Waals surface area contributed by atoms with Crippen LogP contribution in [0.4, 0.5) is 0 Å². The third-order valence-corrected chi connectivity index (χ3v) is 0.864. The molecule has 0 amide bonds. The van der Waals surface area contributed by atoms with Gasteiger partial charge >= 0.3 is 0 Å². The third kappa shape index (κ3) is 33.7. The number of hydrogen-bond acceptors (Lipinski definition) is 5. The Morgan fingerprint density at radius 2 is 1.54 bits per heavy atom. The van der Waals surface area contributed by atoms with Gasteiger partial charge in [-0.05, 0) is 13.8 Å². The summed E-state index contributed by atoms with van der Waals surface area (Å²) in [5.74, 6) is 0. The van der Waals surface area contributed by atoms with E-state index >= 15 is 0 Å². The quantitative estimate of drug-likeness (QED) is 0.413. The molecule has 1 aliphatic rings. The van der Waals surface area contributed by atoms with Crippen LogP contribution in [0.2, 0.25) is 0 Å². The first-order valence-corrected chi connectivity index (χ1v) is 4.20. The average Bonchev–Trinajstić information content (AvgIpc) is 2.89. The van der Waals surface area contributed by atoms with Crippen LogP contribution in [-0.4, -0.2) is 59.1 Å². The predicted octanol–water partition coefficient (Wildman–Crippen LogP) is -1.26. The van der Waals surface area contributed by atoms with Gasteiger partial charge in [-0.3, -0.25) is 0 Å². The lowest BCUT2D eigenvalue weighted by Gasteiger charge is -1.90. The molecule has 5 nitrogen and oxygen atoms in total. The fourth-order valence-electron chi connectivity index (χ4n) is 0.0962. The van der Waals surface area contributed by atoms with Crippen molar-refractivity contribution in [3.8, 4) is 0 Å². The van der Waals surface area contributed by atoms with E-state index in [2.05, 4.69) is 6.92 Å². The minimum absolute atomic E-state index is 0.125. The standard InChI is InChI=1S/C3H8O2.C3H6O.C2H6O2/c1-3(5)2-4;1-3-2-4-3;3-1-2-4/h3-5H,2H2,1H3;3H,2H2,1H3;3-4H,1-2H2. The van der Waals surface area contributed by atoms with E-state index in [9.17, 15) is 0 Å². The number of epoxide rings is 1. The second kappa shape index (κ2) is 11.8. The highest BCUT2D eigenvalue weighted by molar-refractivity contribution is 4.58. The van der Waals surface area contributed by atoms with Gasteiger partial charge in [0.1, 0.15) is 0 Å². The van der Waals surface area contributed by atoms with Crippen LogP contribution < -0.4 is 0 Å². The van der Waals surface area contributed by atoms with E-state index in [1.165, 1.54) is 6.92 Å². The summed E-state index contributed by atoms with van der Waals surface area (Å²) >= 11 is 0. The summed E-state index contributed by atoms with van der Waals surface area (Å²) in [6.45, 7) is 4.18. The minimum atomic E-state index is -0.560. The molecule has 0 aromatic heterocycles. The van der Waals surface area contributed by atoms with Crippen molar-refractivity contribution in [3.05, 3.63) is 0 Å². The van der Waals surface area contributed by atoms with E-state index in [0.717, 1.165) is 6.61 Å². The zero-order valence-electron chi connectivity index (χ0n) is 8.18. The van der Waals surface area contributed by atoms with Crippen LogP contribution in [0.25, 0.3) is 0 Å². The first-order valence-electron chi connectivity index (χ1n) is 4.20. The number of rotatable bonds is 2. The maximum atomic E-state index is 8.11. The minimum Gasteiger partial charge on any atom is -0.394 e. The van der Waals surface area contributed by atoms with Gasteiger partial charge < -0.3 is 25.2 Å². The molecule has 0 aromatic carbocycles. The molecule has 82 valence electrons. The number of ether oxygens (including phenoxy) is 1. The lowest BCUT2D eigenvalue weighted by Crippen LogP contribution is -2.03. The summed E-state index contributed by atoms with van der Waals surface area (Å²) in [7, 11) is 0. The maximum Gasteiger partial charge on any atom is 0.0781 e. The van der Waals surface area contributed by atoms with Gasteiger partial charge in [-0.1, -0.05) is 0 Å². The van der Waals surface area contributed by atoms with Crippen LogP contribution in [0.1, 0.15) is 13.8 Å². The molecule has 1 aliphatic heterocycles. The molecule has 0 radical (unpaired) electrons. The second-order valence-corrected chi connectivity index (χ2v) is 2.62. The van der Waals surface area contributed by atoms with Crippen LogP contribution in [0.3, 0.4) is 0 Å². The lowest BCUT2D eigenvalue weighted by molar-refractivity contribution is 0.110. The van der Waals surface area contributed by atoms with Crippen molar-refractivity contribution in [1.29, 1.82) is 0 Å².